The summed E-state index contributed by atoms with van der Waals surface area (Å²) in [7, 11) is 0. The Morgan fingerprint density at radius 1 is 1.38 bits per heavy atom. The van der Waals surface area contributed by atoms with Crippen molar-refractivity contribution in [1.29, 1.82) is 0 Å². The fourth-order valence-electron chi connectivity index (χ4n) is 0.795. The van der Waals surface area contributed by atoms with Crippen molar-refractivity contribution in [3.63, 3.8) is 0 Å². The lowest BCUT2D eigenvalue weighted by atomic mass is 10.0. The Morgan fingerprint density at radius 2 is 2.00 bits per heavy atom. The molecule has 0 heterocycles. The van der Waals surface area contributed by atoms with Crippen LogP contribution in [0.5, 0.6) is 0 Å². The van der Waals surface area contributed by atoms with Crippen LogP contribution in [0.1, 0.15) is 19.3 Å². The Kier molecular flexibility index (Phi) is 5.79. The van der Waals surface area contributed by atoms with Crippen molar-refractivity contribution in [3.8, 4) is 0 Å². The van der Waals surface area contributed by atoms with Crippen molar-refractivity contribution in [1.82, 2.24) is 0 Å². The van der Waals surface area contributed by atoms with Gasteiger partial charge in [-0.25, -0.2) is 4.21 Å². The van der Waals surface area contributed by atoms with Gasteiger partial charge in [0, 0.05) is 11.8 Å². The van der Waals surface area contributed by atoms with Crippen molar-refractivity contribution < 1.29 is 24.0 Å². The van der Waals surface area contributed by atoms with E-state index in [0.717, 1.165) is 0 Å². The molecule has 0 aliphatic carbocycles. The van der Waals surface area contributed by atoms with Crippen LogP contribution < -0.4 is 0 Å². The quantitative estimate of drug-likeness (QED) is 0.595. The van der Waals surface area contributed by atoms with E-state index in [1.807, 2.05) is 0 Å². The van der Waals surface area contributed by atoms with E-state index < -0.39 is 17.9 Å². The minimum absolute atomic E-state index is 0.0573. The molecule has 6 heteroatoms. The zero-order valence-electron chi connectivity index (χ0n) is 6.80. The van der Waals surface area contributed by atoms with E-state index in [1.165, 1.54) is 5.37 Å². The molecular weight excluding hydrogens is 196 g/mol. The second-order valence-electron chi connectivity index (χ2n) is 2.47. The maximum Gasteiger partial charge on any atom is 0.306 e. The normalized spacial score (nSPS) is 11.7. The number of aliphatic carboxylic acids is 2. The summed E-state index contributed by atoms with van der Waals surface area (Å²) >= 11 is 0.196. The highest BCUT2D eigenvalue weighted by atomic mass is 32.1. The monoisotopic (exact) mass is 206 g/mol. The van der Waals surface area contributed by atoms with Gasteiger partial charge in [-0.15, -0.1) is 0 Å². The standard InChI is InChI=1S/C7H10O5S/c8-6(9)2-1-5(7(10)11)3-4-13-12/h4-5H,1-3H2,(H,8,9)(H,10,11). The highest BCUT2D eigenvalue weighted by molar-refractivity contribution is 7.64. The molecule has 0 amide bonds. The molecule has 0 aliphatic heterocycles. The van der Waals surface area contributed by atoms with Gasteiger partial charge < -0.3 is 10.2 Å². The van der Waals surface area contributed by atoms with E-state index >= 15 is 0 Å². The van der Waals surface area contributed by atoms with Crippen LogP contribution in [0.4, 0.5) is 0 Å². The smallest absolute Gasteiger partial charge is 0.306 e. The number of carboxylic acids is 2. The molecule has 13 heavy (non-hydrogen) atoms. The first-order valence-corrected chi connectivity index (χ1v) is 4.43. The summed E-state index contributed by atoms with van der Waals surface area (Å²) in [6.07, 6.45) is -0.0210. The van der Waals surface area contributed by atoms with E-state index in [0.29, 0.717) is 0 Å². The second-order valence-corrected chi connectivity index (χ2v) is 2.99. The SMILES string of the molecule is O=S=CCC(CCC(=O)O)C(=O)O. The van der Waals surface area contributed by atoms with E-state index in [2.05, 4.69) is 0 Å². The van der Waals surface area contributed by atoms with E-state index in [-0.39, 0.29) is 30.5 Å². The number of hydrogen-bond donors (Lipinski definition) is 2. The number of rotatable bonds is 6. The van der Waals surface area contributed by atoms with Crippen molar-refractivity contribution in [2.75, 3.05) is 0 Å². The molecule has 1 atom stereocenters. The molecule has 0 rings (SSSR count). The molecule has 0 spiro atoms. The minimum Gasteiger partial charge on any atom is -0.481 e. The van der Waals surface area contributed by atoms with Crippen molar-refractivity contribution in [3.05, 3.63) is 0 Å². The third-order valence-electron chi connectivity index (χ3n) is 1.50. The molecule has 5 nitrogen and oxygen atoms in total. The summed E-state index contributed by atoms with van der Waals surface area (Å²) < 4.78 is 9.95. The van der Waals surface area contributed by atoms with Crippen LogP contribution >= 0.6 is 0 Å². The Morgan fingerprint density at radius 3 is 2.38 bits per heavy atom. The van der Waals surface area contributed by atoms with Gasteiger partial charge in [0.05, 0.1) is 17.2 Å². The van der Waals surface area contributed by atoms with Crippen LogP contribution in [-0.2, 0) is 20.8 Å². The van der Waals surface area contributed by atoms with Gasteiger partial charge in [-0.05, 0) is 12.8 Å². The number of hydrogen-bond acceptors (Lipinski definition) is 3. The summed E-state index contributed by atoms with van der Waals surface area (Å²) in [4.78, 5) is 20.6. The molecule has 0 saturated heterocycles. The van der Waals surface area contributed by atoms with Crippen LogP contribution in [0.3, 0.4) is 0 Å². The second kappa shape index (κ2) is 6.36. The van der Waals surface area contributed by atoms with Crippen LogP contribution in [0.2, 0.25) is 0 Å². The summed E-state index contributed by atoms with van der Waals surface area (Å²) in [5, 5.41) is 18.1. The average Bonchev–Trinajstić information content (AvgIpc) is 2.03. The van der Waals surface area contributed by atoms with Crippen molar-refractivity contribution in [2.45, 2.75) is 19.3 Å². The fourth-order valence-corrected chi connectivity index (χ4v) is 1.11. The average molecular weight is 206 g/mol. The molecule has 0 bridgehead atoms. The van der Waals surface area contributed by atoms with Gasteiger partial charge in [0.15, 0.2) is 0 Å². The Bertz CT molecular complexity index is 243. The summed E-state index contributed by atoms with van der Waals surface area (Å²) in [6, 6.07) is 0. The molecule has 0 aromatic carbocycles. The molecule has 2 N–H and O–H groups in total. The maximum absolute atomic E-state index is 10.5. The predicted molar refractivity (Wildman–Crippen MR) is 46.8 cm³/mol. The molecule has 0 radical (unpaired) electrons. The largest absolute Gasteiger partial charge is 0.481 e. The lowest BCUT2D eigenvalue weighted by Gasteiger charge is -2.06. The van der Waals surface area contributed by atoms with Crippen LogP contribution in [0, 0.1) is 5.92 Å². The first-order chi connectivity index (χ1) is 6.07. The molecule has 0 saturated carbocycles. The highest BCUT2D eigenvalue weighted by Gasteiger charge is 2.16. The van der Waals surface area contributed by atoms with Gasteiger partial charge in [-0.3, -0.25) is 9.59 Å². The molecule has 0 aliphatic rings. The maximum atomic E-state index is 10.5. The highest BCUT2D eigenvalue weighted by Crippen LogP contribution is 2.09. The molecule has 74 valence electrons. The summed E-state index contributed by atoms with van der Waals surface area (Å²) in [5.41, 5.74) is 0. The van der Waals surface area contributed by atoms with Gasteiger partial charge in [0.2, 0.25) is 0 Å². The molecule has 0 fully saturated rings. The summed E-state index contributed by atoms with van der Waals surface area (Å²) in [5.74, 6) is -2.86. The van der Waals surface area contributed by atoms with Gasteiger partial charge in [0.1, 0.15) is 0 Å². The fraction of sp³-hybridized carbons (Fsp3) is 0.571. The van der Waals surface area contributed by atoms with Gasteiger partial charge in [-0.2, -0.15) is 0 Å². The van der Waals surface area contributed by atoms with Crippen LogP contribution in [-0.4, -0.2) is 31.7 Å². The first kappa shape index (κ1) is 11.8. The number of carboxylic acid groups (broad SMARTS) is 2. The van der Waals surface area contributed by atoms with E-state index in [9.17, 15) is 13.8 Å². The van der Waals surface area contributed by atoms with Crippen LogP contribution in [0.25, 0.3) is 0 Å². The topological polar surface area (TPSA) is 91.7 Å². The van der Waals surface area contributed by atoms with E-state index in [1.54, 1.807) is 0 Å². The van der Waals surface area contributed by atoms with Crippen LogP contribution in [0.15, 0.2) is 0 Å². The van der Waals surface area contributed by atoms with Crippen molar-refractivity contribution in [2.24, 2.45) is 5.92 Å². The zero-order valence-corrected chi connectivity index (χ0v) is 7.62. The molecular formula is C7H10O5S. The minimum atomic E-state index is -1.06. The van der Waals surface area contributed by atoms with Crippen molar-refractivity contribution >= 4 is 28.6 Å². The third-order valence-corrected chi connectivity index (χ3v) is 1.83. The summed E-state index contributed by atoms with van der Waals surface area (Å²) in [6.45, 7) is 0. The molecule has 0 aromatic rings. The first-order valence-electron chi connectivity index (χ1n) is 3.62. The number of carbonyl (C=O) groups is 2. The Hall–Kier alpha value is -1.17. The zero-order chi connectivity index (χ0) is 10.3. The Labute approximate surface area is 78.5 Å². The van der Waals surface area contributed by atoms with Gasteiger partial charge >= 0.3 is 11.9 Å². The molecule has 1 unspecified atom stereocenters. The predicted octanol–water partition coefficient (Wildman–Crippen LogP) is -0.0427. The van der Waals surface area contributed by atoms with E-state index in [4.69, 9.17) is 10.2 Å². The third kappa shape index (κ3) is 6.03. The van der Waals surface area contributed by atoms with Gasteiger partial charge in [-0.1, -0.05) is 0 Å². The lowest BCUT2D eigenvalue weighted by Crippen LogP contribution is -2.15. The van der Waals surface area contributed by atoms with Gasteiger partial charge in [0.25, 0.3) is 0 Å². The Balaban J connectivity index is 4.01. The lowest BCUT2D eigenvalue weighted by molar-refractivity contribution is -0.142. The molecule has 0 aromatic heterocycles.